The second-order valence-electron chi connectivity index (χ2n) is 3.60. The summed E-state index contributed by atoms with van der Waals surface area (Å²) in [6.07, 6.45) is 4.72. The van der Waals surface area contributed by atoms with Crippen molar-refractivity contribution < 1.29 is 23.7 Å². The van der Waals surface area contributed by atoms with Crippen LogP contribution in [0, 0.1) is 12.3 Å². The smallest absolute Gasteiger partial charge is 0.333 e. The average Bonchev–Trinajstić information content (AvgIpc) is 3.12. The van der Waals surface area contributed by atoms with Crippen LogP contribution >= 0.6 is 0 Å². The molecule has 1 rings (SSSR count). The summed E-state index contributed by atoms with van der Waals surface area (Å²) in [5, 5.41) is 0. The van der Waals surface area contributed by atoms with Crippen molar-refractivity contribution in [3.63, 3.8) is 0 Å². The molecule has 1 heterocycles. The van der Waals surface area contributed by atoms with Gasteiger partial charge >= 0.3 is 5.97 Å². The number of rotatable bonds is 7. The van der Waals surface area contributed by atoms with E-state index in [1.165, 1.54) is 14.2 Å². The molecule has 1 aliphatic rings. The predicted molar refractivity (Wildman–Crippen MR) is 60.0 cm³/mol. The van der Waals surface area contributed by atoms with Crippen LogP contribution in [0.2, 0.25) is 0 Å². The van der Waals surface area contributed by atoms with E-state index >= 15 is 0 Å². The van der Waals surface area contributed by atoms with Crippen molar-refractivity contribution in [3.05, 3.63) is 12.2 Å². The van der Waals surface area contributed by atoms with Gasteiger partial charge in [-0.1, -0.05) is 12.5 Å². The topological polar surface area (TPSA) is 57.3 Å². The molecule has 0 bridgehead atoms. The number of carbonyl (C=O) groups excluding carboxylic acids is 1. The summed E-state index contributed by atoms with van der Waals surface area (Å²) in [6.45, 7) is 3.74. The van der Waals surface area contributed by atoms with Gasteiger partial charge in [-0.25, -0.2) is 4.79 Å². The van der Waals surface area contributed by atoms with E-state index in [2.05, 4.69) is 17.2 Å². The van der Waals surface area contributed by atoms with Gasteiger partial charge < -0.3 is 18.9 Å². The summed E-state index contributed by atoms with van der Waals surface area (Å²) < 4.78 is 20.0. The van der Waals surface area contributed by atoms with E-state index in [0.717, 1.165) is 0 Å². The first-order valence-electron chi connectivity index (χ1n) is 5.12. The van der Waals surface area contributed by atoms with Gasteiger partial charge in [0.1, 0.15) is 19.0 Å². The normalized spacial score (nSPS) is 23.6. The number of ether oxygens (including phenoxy) is 4. The molecule has 3 atom stereocenters. The van der Waals surface area contributed by atoms with Crippen LogP contribution in [0.3, 0.4) is 0 Å². The van der Waals surface area contributed by atoms with Crippen LogP contribution in [0.15, 0.2) is 12.2 Å². The maximum Gasteiger partial charge on any atom is 0.333 e. The van der Waals surface area contributed by atoms with Gasteiger partial charge in [0.05, 0.1) is 13.2 Å². The molecule has 0 amide bonds. The Morgan fingerprint density at radius 3 is 2.76 bits per heavy atom. The SMILES string of the molecule is C#C[C@H]1O[C@H]1C(CC(=C)C(=O)OC)OCOC. The molecule has 5 heteroatoms. The van der Waals surface area contributed by atoms with Gasteiger partial charge in [-0.05, 0) is 0 Å². The molecule has 5 nitrogen and oxygen atoms in total. The number of carbonyl (C=O) groups is 1. The van der Waals surface area contributed by atoms with Crippen molar-refractivity contribution >= 4 is 5.97 Å². The van der Waals surface area contributed by atoms with Crippen molar-refractivity contribution in [3.8, 4) is 12.3 Å². The predicted octanol–water partition coefficient (Wildman–Crippen LogP) is 0.495. The molecular weight excluding hydrogens is 224 g/mol. The van der Waals surface area contributed by atoms with E-state index in [1.54, 1.807) is 0 Å². The molecule has 0 aromatic rings. The highest BCUT2D eigenvalue weighted by Gasteiger charge is 2.45. The number of hydrogen-bond acceptors (Lipinski definition) is 5. The maximum atomic E-state index is 11.2. The van der Waals surface area contributed by atoms with Gasteiger partial charge in [0.25, 0.3) is 0 Å². The molecular formula is C12H16O5. The Morgan fingerprint density at radius 1 is 1.59 bits per heavy atom. The van der Waals surface area contributed by atoms with E-state index in [9.17, 15) is 4.79 Å². The largest absolute Gasteiger partial charge is 0.466 e. The number of hydrogen-bond donors (Lipinski definition) is 0. The first kappa shape index (κ1) is 13.7. The van der Waals surface area contributed by atoms with Crippen LogP contribution in [0.1, 0.15) is 6.42 Å². The fraction of sp³-hybridized carbons (Fsp3) is 0.583. The molecule has 0 aliphatic carbocycles. The van der Waals surface area contributed by atoms with Crippen LogP contribution < -0.4 is 0 Å². The Hall–Kier alpha value is -1.35. The fourth-order valence-electron chi connectivity index (χ4n) is 1.44. The van der Waals surface area contributed by atoms with Crippen LogP contribution in [-0.4, -0.2) is 45.3 Å². The van der Waals surface area contributed by atoms with Gasteiger partial charge in [-0.3, -0.25) is 0 Å². The number of epoxide rings is 1. The Bertz CT molecular complexity index is 330. The lowest BCUT2D eigenvalue weighted by Crippen LogP contribution is -2.25. The van der Waals surface area contributed by atoms with Crippen molar-refractivity contribution in [1.82, 2.24) is 0 Å². The minimum Gasteiger partial charge on any atom is -0.466 e. The number of methoxy groups -OCH3 is 2. The Kier molecular flexibility index (Phi) is 5.16. The van der Waals surface area contributed by atoms with E-state index in [1.807, 2.05) is 0 Å². The highest BCUT2D eigenvalue weighted by Crippen LogP contribution is 2.30. The second kappa shape index (κ2) is 6.40. The summed E-state index contributed by atoms with van der Waals surface area (Å²) in [7, 11) is 2.81. The highest BCUT2D eigenvalue weighted by atomic mass is 16.7. The average molecular weight is 240 g/mol. The molecule has 94 valence electrons. The first-order valence-corrected chi connectivity index (χ1v) is 5.12. The summed E-state index contributed by atoms with van der Waals surface area (Å²) >= 11 is 0. The number of terminal acetylenes is 1. The third-order valence-corrected chi connectivity index (χ3v) is 2.38. The van der Waals surface area contributed by atoms with Crippen LogP contribution in [0.5, 0.6) is 0 Å². The second-order valence-corrected chi connectivity index (χ2v) is 3.60. The first-order chi connectivity index (χ1) is 8.13. The Morgan fingerprint density at radius 2 is 2.29 bits per heavy atom. The Labute approximate surface area is 101 Å². The zero-order valence-corrected chi connectivity index (χ0v) is 9.97. The molecule has 0 aromatic carbocycles. The van der Waals surface area contributed by atoms with Gasteiger partial charge in [-0.2, -0.15) is 0 Å². The van der Waals surface area contributed by atoms with Crippen molar-refractivity contribution in [2.24, 2.45) is 0 Å². The third kappa shape index (κ3) is 3.86. The molecule has 1 fully saturated rings. The monoisotopic (exact) mass is 240 g/mol. The highest BCUT2D eigenvalue weighted by molar-refractivity contribution is 5.87. The molecule has 0 radical (unpaired) electrons. The van der Waals surface area contributed by atoms with E-state index < -0.39 is 5.97 Å². The molecule has 17 heavy (non-hydrogen) atoms. The molecule has 0 aromatic heterocycles. The van der Waals surface area contributed by atoms with Crippen molar-refractivity contribution in [1.29, 1.82) is 0 Å². The molecule has 0 spiro atoms. The Balaban J connectivity index is 2.50. The van der Waals surface area contributed by atoms with Crippen molar-refractivity contribution in [2.45, 2.75) is 24.7 Å². The number of esters is 1. The maximum absolute atomic E-state index is 11.2. The lowest BCUT2D eigenvalue weighted by Gasteiger charge is -2.15. The van der Waals surface area contributed by atoms with Crippen LogP contribution in [0.4, 0.5) is 0 Å². The zero-order valence-electron chi connectivity index (χ0n) is 9.97. The van der Waals surface area contributed by atoms with Gasteiger partial charge in [0, 0.05) is 19.1 Å². The van der Waals surface area contributed by atoms with E-state index in [4.69, 9.17) is 20.6 Å². The van der Waals surface area contributed by atoms with Crippen LogP contribution in [0.25, 0.3) is 0 Å². The zero-order chi connectivity index (χ0) is 12.8. The molecule has 1 aliphatic heterocycles. The van der Waals surface area contributed by atoms with E-state index in [0.29, 0.717) is 12.0 Å². The quantitative estimate of drug-likeness (QED) is 0.213. The van der Waals surface area contributed by atoms with Crippen molar-refractivity contribution in [2.75, 3.05) is 21.0 Å². The van der Waals surface area contributed by atoms with Gasteiger partial charge in [0.2, 0.25) is 0 Å². The molecule has 1 saturated heterocycles. The summed E-state index contributed by atoms with van der Waals surface area (Å²) in [5.41, 5.74) is 0.319. The summed E-state index contributed by atoms with van der Waals surface area (Å²) in [6, 6.07) is 0. The van der Waals surface area contributed by atoms with Gasteiger partial charge in [-0.15, -0.1) is 6.42 Å². The van der Waals surface area contributed by atoms with E-state index in [-0.39, 0.29) is 25.1 Å². The molecule has 0 saturated carbocycles. The summed E-state index contributed by atoms with van der Waals surface area (Å²) in [5.74, 6) is 2.01. The van der Waals surface area contributed by atoms with Gasteiger partial charge in [0.15, 0.2) is 0 Å². The van der Waals surface area contributed by atoms with Crippen LogP contribution in [-0.2, 0) is 23.7 Å². The third-order valence-electron chi connectivity index (χ3n) is 2.38. The minimum atomic E-state index is -0.464. The standard InChI is InChI=1S/C12H16O5/c1-5-9-11(17-9)10(16-7-14-3)6-8(2)12(13)15-4/h1,9-11H,2,6-7H2,3-4H3/t9-,10?,11-/m1/s1. The minimum absolute atomic E-state index is 0.107. The lowest BCUT2D eigenvalue weighted by molar-refractivity contribution is -0.137. The molecule has 1 unspecified atom stereocenters. The summed E-state index contributed by atoms with van der Waals surface area (Å²) in [4.78, 5) is 11.2. The lowest BCUT2D eigenvalue weighted by atomic mass is 10.1. The molecule has 0 N–H and O–H groups in total. The fourth-order valence-corrected chi connectivity index (χ4v) is 1.44.